The van der Waals surface area contributed by atoms with Crippen LogP contribution in [0.4, 0.5) is 16.3 Å². The van der Waals surface area contributed by atoms with Crippen LogP contribution in [0.1, 0.15) is 0 Å². The first kappa shape index (κ1) is 12.0. The minimum atomic E-state index is -0.496. The van der Waals surface area contributed by atoms with Crippen molar-refractivity contribution in [2.24, 2.45) is 7.05 Å². The Labute approximate surface area is 104 Å². The van der Waals surface area contributed by atoms with Crippen molar-refractivity contribution < 1.29 is 9.53 Å². The summed E-state index contributed by atoms with van der Waals surface area (Å²) in [6.45, 7) is 0. The van der Waals surface area contributed by atoms with E-state index in [1.807, 2.05) is 12.1 Å². The van der Waals surface area contributed by atoms with Gasteiger partial charge in [0.2, 0.25) is 0 Å². The highest BCUT2D eigenvalue weighted by Crippen LogP contribution is 2.21. The third-order valence-corrected chi connectivity index (χ3v) is 2.53. The van der Waals surface area contributed by atoms with Gasteiger partial charge in [-0.2, -0.15) is 5.10 Å². The number of carbonyl (C=O) groups excluding carboxylic acids is 1. The number of benzene rings is 1. The molecule has 0 aliphatic rings. The van der Waals surface area contributed by atoms with Gasteiger partial charge in [-0.05, 0) is 12.1 Å². The molecule has 0 saturated carbocycles. The fourth-order valence-corrected chi connectivity index (χ4v) is 1.52. The van der Waals surface area contributed by atoms with Gasteiger partial charge in [0, 0.05) is 24.4 Å². The Balaban J connectivity index is 2.19. The quantitative estimate of drug-likeness (QED) is 0.847. The lowest BCUT2D eigenvalue weighted by atomic mass is 10.1. The van der Waals surface area contributed by atoms with Gasteiger partial charge in [-0.25, -0.2) is 4.79 Å². The number of aryl methyl sites for hydroxylation is 1. The summed E-state index contributed by atoms with van der Waals surface area (Å²) >= 11 is 0. The number of amides is 1. The molecule has 0 fully saturated rings. The van der Waals surface area contributed by atoms with Gasteiger partial charge in [-0.3, -0.25) is 10.00 Å². The number of hydrogen-bond donors (Lipinski definition) is 2. The molecule has 2 aromatic rings. The summed E-state index contributed by atoms with van der Waals surface area (Å²) in [5.41, 5.74) is 8.10. The second kappa shape index (κ2) is 4.79. The Morgan fingerprint density at radius 3 is 2.56 bits per heavy atom. The van der Waals surface area contributed by atoms with Crippen LogP contribution in [-0.4, -0.2) is 23.0 Å². The average Bonchev–Trinajstić information content (AvgIpc) is 2.70. The second-order valence-electron chi connectivity index (χ2n) is 3.77. The van der Waals surface area contributed by atoms with Crippen molar-refractivity contribution in [1.82, 2.24) is 9.78 Å². The minimum absolute atomic E-state index is 0.496. The molecule has 0 unspecified atom stereocenters. The van der Waals surface area contributed by atoms with E-state index in [0.717, 1.165) is 11.3 Å². The Bertz CT molecular complexity index is 540. The van der Waals surface area contributed by atoms with Gasteiger partial charge < -0.3 is 10.5 Å². The van der Waals surface area contributed by atoms with Crippen molar-refractivity contribution >= 4 is 17.6 Å². The van der Waals surface area contributed by atoms with E-state index in [1.54, 1.807) is 29.9 Å². The molecule has 3 N–H and O–H groups in total. The van der Waals surface area contributed by atoms with E-state index >= 15 is 0 Å². The highest BCUT2D eigenvalue weighted by molar-refractivity contribution is 5.84. The van der Waals surface area contributed by atoms with Crippen LogP contribution >= 0.6 is 0 Å². The number of anilines is 2. The summed E-state index contributed by atoms with van der Waals surface area (Å²) in [4.78, 5) is 11.0. The summed E-state index contributed by atoms with van der Waals surface area (Å²) in [5, 5.41) is 6.84. The van der Waals surface area contributed by atoms with E-state index in [-0.39, 0.29) is 0 Å². The molecule has 0 spiro atoms. The molecule has 0 bridgehead atoms. The fourth-order valence-electron chi connectivity index (χ4n) is 1.52. The lowest BCUT2D eigenvalue weighted by molar-refractivity contribution is 0.187. The maximum Gasteiger partial charge on any atom is 0.411 e. The predicted octanol–water partition coefficient (Wildman–Crippen LogP) is 1.85. The second-order valence-corrected chi connectivity index (χ2v) is 3.77. The summed E-state index contributed by atoms with van der Waals surface area (Å²) < 4.78 is 6.11. The number of ether oxygens (including phenoxy) is 1. The smallest absolute Gasteiger partial charge is 0.411 e. The molecule has 2 rings (SSSR count). The zero-order valence-electron chi connectivity index (χ0n) is 10.2. The first-order valence-corrected chi connectivity index (χ1v) is 5.35. The van der Waals surface area contributed by atoms with Crippen LogP contribution in [0.15, 0.2) is 30.3 Å². The molecule has 1 aromatic carbocycles. The lowest BCUT2D eigenvalue weighted by Gasteiger charge is -2.03. The van der Waals surface area contributed by atoms with Crippen LogP contribution in [0.25, 0.3) is 11.3 Å². The average molecular weight is 246 g/mol. The van der Waals surface area contributed by atoms with Crippen LogP contribution < -0.4 is 11.1 Å². The number of nitrogen functional groups attached to an aromatic ring is 1. The van der Waals surface area contributed by atoms with Crippen molar-refractivity contribution in [3.05, 3.63) is 30.3 Å². The monoisotopic (exact) mass is 246 g/mol. The number of carbonyl (C=O) groups is 1. The van der Waals surface area contributed by atoms with Crippen molar-refractivity contribution in [2.75, 3.05) is 18.2 Å². The van der Waals surface area contributed by atoms with Gasteiger partial charge in [0.1, 0.15) is 5.82 Å². The van der Waals surface area contributed by atoms with E-state index in [0.29, 0.717) is 11.5 Å². The predicted molar refractivity (Wildman–Crippen MR) is 69.1 cm³/mol. The Kier molecular flexibility index (Phi) is 3.18. The zero-order chi connectivity index (χ0) is 13.1. The Hall–Kier alpha value is -2.50. The highest BCUT2D eigenvalue weighted by Gasteiger charge is 2.05. The van der Waals surface area contributed by atoms with Crippen LogP contribution in [0, 0.1) is 0 Å². The molecule has 6 heteroatoms. The van der Waals surface area contributed by atoms with Crippen LogP contribution in [0.5, 0.6) is 0 Å². The normalized spacial score (nSPS) is 10.1. The first-order valence-electron chi connectivity index (χ1n) is 5.35. The largest absolute Gasteiger partial charge is 0.453 e. The van der Waals surface area contributed by atoms with Crippen molar-refractivity contribution in [3.63, 3.8) is 0 Å². The van der Waals surface area contributed by atoms with E-state index in [4.69, 9.17) is 5.73 Å². The minimum Gasteiger partial charge on any atom is -0.453 e. The summed E-state index contributed by atoms with van der Waals surface area (Å²) in [6.07, 6.45) is -0.496. The number of methoxy groups -OCH3 is 1. The number of rotatable bonds is 2. The van der Waals surface area contributed by atoms with E-state index in [9.17, 15) is 4.79 Å². The molecule has 0 saturated heterocycles. The summed E-state index contributed by atoms with van der Waals surface area (Å²) in [5.74, 6) is 0.599. The molecule has 1 aromatic heterocycles. The molecular formula is C12H14N4O2. The highest BCUT2D eigenvalue weighted by atomic mass is 16.5. The van der Waals surface area contributed by atoms with Crippen molar-refractivity contribution in [3.8, 4) is 11.3 Å². The molecule has 0 radical (unpaired) electrons. The molecule has 1 amide bonds. The third-order valence-electron chi connectivity index (χ3n) is 2.53. The van der Waals surface area contributed by atoms with Gasteiger partial charge in [0.05, 0.1) is 12.8 Å². The van der Waals surface area contributed by atoms with Crippen LogP contribution in [0.2, 0.25) is 0 Å². The van der Waals surface area contributed by atoms with E-state index in [2.05, 4.69) is 15.2 Å². The summed E-state index contributed by atoms with van der Waals surface area (Å²) in [6, 6.07) is 9.05. The SMILES string of the molecule is COC(=O)Nc1ccc(-c2cc(N)n(C)n2)cc1. The lowest BCUT2D eigenvalue weighted by Crippen LogP contribution is -2.10. The third kappa shape index (κ3) is 2.42. The van der Waals surface area contributed by atoms with Gasteiger partial charge >= 0.3 is 6.09 Å². The molecule has 1 heterocycles. The molecule has 0 aliphatic carbocycles. The number of hydrogen-bond acceptors (Lipinski definition) is 4. The number of nitrogens with two attached hydrogens (primary N) is 1. The standard InChI is InChI=1S/C12H14N4O2/c1-16-11(13)7-10(15-16)8-3-5-9(6-4-8)14-12(17)18-2/h3-7H,13H2,1-2H3,(H,14,17). The first-order chi connectivity index (χ1) is 8.60. The number of aromatic nitrogens is 2. The molecule has 6 nitrogen and oxygen atoms in total. The fraction of sp³-hybridized carbons (Fsp3) is 0.167. The molecule has 0 atom stereocenters. The van der Waals surface area contributed by atoms with Gasteiger partial charge in [-0.15, -0.1) is 0 Å². The van der Waals surface area contributed by atoms with Gasteiger partial charge in [0.15, 0.2) is 0 Å². The molecule has 18 heavy (non-hydrogen) atoms. The van der Waals surface area contributed by atoms with Crippen LogP contribution in [0.3, 0.4) is 0 Å². The van der Waals surface area contributed by atoms with E-state index < -0.39 is 6.09 Å². The number of nitrogens with one attached hydrogen (secondary N) is 1. The molecular weight excluding hydrogens is 232 g/mol. The van der Waals surface area contributed by atoms with Crippen molar-refractivity contribution in [2.45, 2.75) is 0 Å². The van der Waals surface area contributed by atoms with Crippen molar-refractivity contribution in [1.29, 1.82) is 0 Å². The van der Waals surface area contributed by atoms with Crippen LogP contribution in [-0.2, 0) is 11.8 Å². The van der Waals surface area contributed by atoms with Gasteiger partial charge in [-0.1, -0.05) is 12.1 Å². The maximum atomic E-state index is 11.0. The Morgan fingerprint density at radius 2 is 2.06 bits per heavy atom. The Morgan fingerprint density at radius 1 is 1.39 bits per heavy atom. The zero-order valence-corrected chi connectivity index (χ0v) is 10.2. The number of nitrogens with zero attached hydrogens (tertiary/aromatic N) is 2. The molecule has 94 valence electrons. The molecule has 0 aliphatic heterocycles. The topological polar surface area (TPSA) is 82.2 Å². The maximum absolute atomic E-state index is 11.0. The summed E-state index contributed by atoms with van der Waals surface area (Å²) in [7, 11) is 3.10. The van der Waals surface area contributed by atoms with E-state index in [1.165, 1.54) is 7.11 Å². The van der Waals surface area contributed by atoms with Gasteiger partial charge in [0.25, 0.3) is 0 Å².